The van der Waals surface area contributed by atoms with Gasteiger partial charge in [0.15, 0.2) is 17.3 Å². The lowest BCUT2D eigenvalue weighted by Crippen LogP contribution is -2.36. The monoisotopic (exact) mass is 599 g/mol. The summed E-state index contributed by atoms with van der Waals surface area (Å²) in [7, 11) is 1.62. The van der Waals surface area contributed by atoms with Gasteiger partial charge < -0.3 is 29.4 Å². The van der Waals surface area contributed by atoms with Crippen LogP contribution in [-0.4, -0.2) is 50.4 Å². The Morgan fingerprint density at radius 3 is 2.49 bits per heavy atom. The Morgan fingerprint density at radius 2 is 1.82 bits per heavy atom. The lowest BCUT2D eigenvalue weighted by Gasteiger charge is -2.37. The Bertz CT molecular complexity index is 1300. The summed E-state index contributed by atoms with van der Waals surface area (Å²) >= 11 is 3.41. The van der Waals surface area contributed by atoms with Crippen LogP contribution in [0.2, 0.25) is 0 Å². The third kappa shape index (κ3) is 6.15. The third-order valence-corrected chi connectivity index (χ3v) is 7.59. The molecule has 0 aromatic heterocycles. The first-order valence-electron chi connectivity index (χ1n) is 13.1. The highest BCUT2D eigenvalue weighted by atomic mass is 79.9. The fourth-order valence-electron chi connectivity index (χ4n) is 5.20. The molecule has 8 nitrogen and oxygen atoms in total. The van der Waals surface area contributed by atoms with Crippen molar-refractivity contribution in [3.63, 3.8) is 0 Å². The van der Waals surface area contributed by atoms with Gasteiger partial charge in [-0.2, -0.15) is 0 Å². The van der Waals surface area contributed by atoms with Crippen LogP contribution < -0.4 is 14.8 Å². The zero-order chi connectivity index (χ0) is 28.1. The second-order valence-electron chi connectivity index (χ2n) is 9.41. The van der Waals surface area contributed by atoms with E-state index in [-0.39, 0.29) is 36.4 Å². The van der Waals surface area contributed by atoms with Crippen LogP contribution in [0.1, 0.15) is 56.6 Å². The molecule has 9 heteroatoms. The molecule has 2 N–H and O–H groups in total. The number of ketones is 1. The van der Waals surface area contributed by atoms with Crippen molar-refractivity contribution in [3.05, 3.63) is 74.5 Å². The summed E-state index contributed by atoms with van der Waals surface area (Å²) in [5.41, 5.74) is 3.96. The van der Waals surface area contributed by atoms with Gasteiger partial charge in [-0.3, -0.25) is 4.79 Å². The van der Waals surface area contributed by atoms with Gasteiger partial charge in [-0.25, -0.2) is 4.79 Å². The van der Waals surface area contributed by atoms with Crippen LogP contribution in [0.4, 0.5) is 0 Å². The lowest BCUT2D eigenvalue weighted by molar-refractivity contribution is -0.140. The number of rotatable bonds is 10. The normalized spacial score (nSPS) is 18.9. The number of halogens is 1. The Kier molecular flexibility index (Phi) is 9.35. The lowest BCUT2D eigenvalue weighted by atomic mass is 9.71. The van der Waals surface area contributed by atoms with Crippen LogP contribution in [0, 0.1) is 0 Å². The van der Waals surface area contributed by atoms with Crippen LogP contribution >= 0.6 is 15.9 Å². The van der Waals surface area contributed by atoms with E-state index in [1.54, 1.807) is 19.2 Å². The summed E-state index contributed by atoms with van der Waals surface area (Å²) < 4.78 is 22.2. The maximum Gasteiger partial charge on any atom is 0.336 e. The molecular weight excluding hydrogens is 566 g/mol. The molecule has 0 saturated heterocycles. The zero-order valence-electron chi connectivity index (χ0n) is 22.6. The molecule has 208 valence electrons. The standard InChI is InChI=1S/C30H34BrNO7/c1-5-37-11-12-39-30(35)26-17(3)32-23-14-19(18-7-9-21(36-4)10-8-18)15-24(33)28(23)27(26)20-13-22(31)29(34)25(16-20)38-6-2/h7-10,13,16,19,27,32,34H,5-6,11-12,14-15H2,1-4H3/t19-,27+/m1/s1. The van der Waals surface area contributed by atoms with Gasteiger partial charge in [0.25, 0.3) is 0 Å². The Balaban J connectivity index is 1.77. The average molecular weight is 601 g/mol. The molecule has 1 aliphatic carbocycles. The highest BCUT2D eigenvalue weighted by molar-refractivity contribution is 9.10. The van der Waals surface area contributed by atoms with Crippen molar-refractivity contribution < 1.29 is 33.6 Å². The molecule has 0 saturated carbocycles. The molecular formula is C30H34BrNO7. The minimum absolute atomic E-state index is 0.0201. The summed E-state index contributed by atoms with van der Waals surface area (Å²) in [5.74, 6) is -0.309. The maximum absolute atomic E-state index is 13.8. The molecule has 0 bridgehead atoms. The van der Waals surface area contributed by atoms with E-state index in [9.17, 15) is 14.7 Å². The van der Waals surface area contributed by atoms with Crippen LogP contribution in [0.3, 0.4) is 0 Å². The summed E-state index contributed by atoms with van der Waals surface area (Å²) in [6.45, 7) is 6.74. The molecule has 1 heterocycles. The fourth-order valence-corrected chi connectivity index (χ4v) is 5.66. The van der Waals surface area contributed by atoms with E-state index < -0.39 is 11.9 Å². The van der Waals surface area contributed by atoms with Crippen molar-refractivity contribution in [2.75, 3.05) is 33.5 Å². The highest BCUT2D eigenvalue weighted by Gasteiger charge is 2.42. The topological polar surface area (TPSA) is 103 Å². The summed E-state index contributed by atoms with van der Waals surface area (Å²) in [6.07, 6.45) is 0.901. The molecule has 0 unspecified atom stereocenters. The first-order chi connectivity index (χ1) is 18.8. The number of esters is 1. The van der Waals surface area contributed by atoms with Crippen LogP contribution in [0.15, 0.2) is 63.4 Å². The van der Waals surface area contributed by atoms with E-state index in [1.807, 2.05) is 45.0 Å². The number of carbonyl (C=O) groups is 2. The molecule has 2 aromatic carbocycles. The van der Waals surface area contributed by atoms with Gasteiger partial charge in [0.2, 0.25) is 0 Å². The van der Waals surface area contributed by atoms with Crippen molar-refractivity contribution in [1.82, 2.24) is 5.32 Å². The number of phenols is 1. The number of methoxy groups -OCH3 is 1. The number of aromatic hydroxyl groups is 1. The first kappa shape index (κ1) is 28.7. The number of ether oxygens (including phenoxy) is 4. The quantitative estimate of drug-likeness (QED) is 0.272. The van der Waals surface area contributed by atoms with E-state index in [4.69, 9.17) is 18.9 Å². The van der Waals surface area contributed by atoms with Crippen molar-refractivity contribution in [3.8, 4) is 17.2 Å². The molecule has 2 atom stereocenters. The van der Waals surface area contributed by atoms with Crippen molar-refractivity contribution >= 4 is 27.7 Å². The average Bonchev–Trinajstić information content (AvgIpc) is 2.92. The number of dihydropyridines is 1. The van der Waals surface area contributed by atoms with Gasteiger partial charge in [-0.05, 0) is 84.4 Å². The summed E-state index contributed by atoms with van der Waals surface area (Å²) in [4.78, 5) is 27.3. The van der Waals surface area contributed by atoms with E-state index in [0.29, 0.717) is 52.9 Å². The van der Waals surface area contributed by atoms with E-state index in [2.05, 4.69) is 21.2 Å². The van der Waals surface area contributed by atoms with Crippen molar-refractivity contribution in [2.45, 2.75) is 45.4 Å². The van der Waals surface area contributed by atoms with Gasteiger partial charge in [0.05, 0.1) is 30.4 Å². The number of hydrogen-bond donors (Lipinski definition) is 2. The molecule has 0 fully saturated rings. The van der Waals surface area contributed by atoms with Gasteiger partial charge in [0.1, 0.15) is 12.4 Å². The number of phenolic OH excluding ortho intramolecular Hbond substituents is 1. The fraction of sp³-hybridized carbons (Fsp3) is 0.400. The summed E-state index contributed by atoms with van der Waals surface area (Å²) in [5, 5.41) is 13.9. The predicted molar refractivity (Wildman–Crippen MR) is 150 cm³/mol. The molecule has 4 rings (SSSR count). The van der Waals surface area contributed by atoms with Gasteiger partial charge in [-0.1, -0.05) is 12.1 Å². The predicted octanol–water partition coefficient (Wildman–Crippen LogP) is 5.50. The smallest absolute Gasteiger partial charge is 0.336 e. The minimum Gasteiger partial charge on any atom is -0.503 e. The molecule has 2 aromatic rings. The Morgan fingerprint density at radius 1 is 1.08 bits per heavy atom. The number of benzene rings is 2. The third-order valence-electron chi connectivity index (χ3n) is 6.98. The minimum atomic E-state index is -0.693. The molecule has 1 aliphatic heterocycles. The number of allylic oxidation sites excluding steroid dienone is 3. The van der Waals surface area contributed by atoms with Gasteiger partial charge >= 0.3 is 5.97 Å². The van der Waals surface area contributed by atoms with E-state index in [0.717, 1.165) is 17.0 Å². The molecule has 2 aliphatic rings. The second kappa shape index (κ2) is 12.7. The number of hydrogen-bond acceptors (Lipinski definition) is 8. The SMILES string of the molecule is CCOCCOC(=O)C1=C(C)NC2=C(C(=O)C[C@H](c3ccc(OC)cc3)C2)[C@H]1c1cc(Br)c(O)c(OCC)c1. The summed E-state index contributed by atoms with van der Waals surface area (Å²) in [6, 6.07) is 11.2. The number of Topliss-reactive ketones (excluding diaryl/α,β-unsaturated/α-hetero) is 1. The van der Waals surface area contributed by atoms with E-state index in [1.165, 1.54) is 0 Å². The van der Waals surface area contributed by atoms with Crippen LogP contribution in [0.25, 0.3) is 0 Å². The highest BCUT2D eigenvalue weighted by Crippen LogP contribution is 2.48. The number of nitrogens with one attached hydrogen (secondary N) is 1. The van der Waals surface area contributed by atoms with Crippen molar-refractivity contribution in [2.24, 2.45) is 0 Å². The van der Waals surface area contributed by atoms with Gasteiger partial charge in [0, 0.05) is 35.9 Å². The molecule has 0 spiro atoms. The zero-order valence-corrected chi connectivity index (χ0v) is 24.2. The molecule has 0 amide bonds. The Hall–Kier alpha value is -3.30. The van der Waals surface area contributed by atoms with Crippen molar-refractivity contribution in [1.29, 1.82) is 0 Å². The van der Waals surface area contributed by atoms with Crippen LogP contribution in [0.5, 0.6) is 17.2 Å². The van der Waals surface area contributed by atoms with E-state index >= 15 is 0 Å². The number of carbonyl (C=O) groups excluding carboxylic acids is 2. The molecule has 0 radical (unpaired) electrons. The van der Waals surface area contributed by atoms with Gasteiger partial charge in [-0.15, -0.1) is 0 Å². The molecule has 39 heavy (non-hydrogen) atoms. The first-order valence-corrected chi connectivity index (χ1v) is 13.9. The maximum atomic E-state index is 13.8. The Labute approximate surface area is 237 Å². The van der Waals surface area contributed by atoms with Crippen LogP contribution in [-0.2, 0) is 19.1 Å². The largest absolute Gasteiger partial charge is 0.503 e. The second-order valence-corrected chi connectivity index (χ2v) is 10.3.